The number of ketones is 1. The van der Waals surface area contributed by atoms with Crippen LogP contribution in [0.25, 0.3) is 0 Å². The topological polar surface area (TPSA) is 76.0 Å². The van der Waals surface area contributed by atoms with Crippen molar-refractivity contribution >= 4 is 5.78 Å². The van der Waals surface area contributed by atoms with E-state index in [4.69, 9.17) is 9.47 Å². The minimum atomic E-state index is -0.473. The molecular weight excluding hydrogens is 320 g/mol. The van der Waals surface area contributed by atoms with Gasteiger partial charge in [0.25, 0.3) is 0 Å². The Morgan fingerprint density at radius 2 is 1.48 bits per heavy atom. The number of ether oxygens (including phenoxy) is 2. The molecule has 0 spiro atoms. The summed E-state index contributed by atoms with van der Waals surface area (Å²) in [4.78, 5) is 12.6. The Labute approximate surface area is 147 Å². The van der Waals surface area contributed by atoms with Crippen molar-refractivity contribution < 1.29 is 24.5 Å². The lowest BCUT2D eigenvalue weighted by molar-refractivity contribution is 0.103. The summed E-state index contributed by atoms with van der Waals surface area (Å²) >= 11 is 0. The van der Waals surface area contributed by atoms with E-state index in [2.05, 4.69) is 0 Å². The van der Waals surface area contributed by atoms with E-state index in [-0.39, 0.29) is 22.6 Å². The summed E-state index contributed by atoms with van der Waals surface area (Å²) in [6, 6.07) is 9.01. The third-order valence-corrected chi connectivity index (χ3v) is 3.32. The van der Waals surface area contributed by atoms with E-state index in [0.717, 1.165) is 6.42 Å². The third-order valence-electron chi connectivity index (χ3n) is 3.32. The summed E-state index contributed by atoms with van der Waals surface area (Å²) in [5.74, 6) is 0.105. The van der Waals surface area contributed by atoms with Gasteiger partial charge in [-0.25, -0.2) is 0 Å². The van der Waals surface area contributed by atoms with Crippen LogP contribution < -0.4 is 9.47 Å². The molecule has 0 unspecified atom stereocenters. The van der Waals surface area contributed by atoms with E-state index >= 15 is 0 Å². The molecule has 0 atom stereocenters. The molecule has 5 nitrogen and oxygen atoms in total. The largest absolute Gasteiger partial charge is 0.507 e. The molecule has 5 heteroatoms. The number of hydrogen-bond donors (Lipinski definition) is 2. The van der Waals surface area contributed by atoms with Gasteiger partial charge in [-0.1, -0.05) is 6.92 Å². The fourth-order valence-corrected chi connectivity index (χ4v) is 2.28. The van der Waals surface area contributed by atoms with E-state index < -0.39 is 11.4 Å². The minimum absolute atomic E-state index is 0.0961. The van der Waals surface area contributed by atoms with E-state index in [1.807, 2.05) is 27.7 Å². The molecular formula is C20H24O5. The van der Waals surface area contributed by atoms with Crippen LogP contribution in [-0.2, 0) is 0 Å². The molecule has 0 aliphatic rings. The van der Waals surface area contributed by atoms with E-state index in [1.54, 1.807) is 12.1 Å². The van der Waals surface area contributed by atoms with Gasteiger partial charge in [-0.05, 0) is 51.5 Å². The Morgan fingerprint density at radius 3 is 1.96 bits per heavy atom. The third kappa shape index (κ3) is 4.89. The number of benzene rings is 2. The lowest BCUT2D eigenvalue weighted by atomic mass is 10.0. The van der Waals surface area contributed by atoms with Crippen molar-refractivity contribution in [3.63, 3.8) is 0 Å². The van der Waals surface area contributed by atoms with Gasteiger partial charge < -0.3 is 19.7 Å². The normalized spacial score (nSPS) is 11.2. The fraction of sp³-hybridized carbons (Fsp3) is 0.350. The molecule has 134 valence electrons. The summed E-state index contributed by atoms with van der Waals surface area (Å²) < 4.78 is 11.1. The molecule has 0 fully saturated rings. The Kier molecular flexibility index (Phi) is 5.57. The van der Waals surface area contributed by atoms with Gasteiger partial charge in [0.1, 0.15) is 28.6 Å². The zero-order chi connectivity index (χ0) is 18.6. The van der Waals surface area contributed by atoms with Crippen LogP contribution >= 0.6 is 0 Å². The second-order valence-corrected chi connectivity index (χ2v) is 6.75. The molecule has 2 rings (SSSR count). The minimum Gasteiger partial charge on any atom is -0.507 e. The van der Waals surface area contributed by atoms with Gasteiger partial charge in [-0.2, -0.15) is 0 Å². The molecule has 0 saturated heterocycles. The molecule has 0 aliphatic heterocycles. The van der Waals surface area contributed by atoms with Gasteiger partial charge in [0.15, 0.2) is 5.78 Å². The predicted molar refractivity (Wildman–Crippen MR) is 95.8 cm³/mol. The number of phenols is 2. The van der Waals surface area contributed by atoms with Crippen molar-refractivity contribution in [3.8, 4) is 23.0 Å². The van der Waals surface area contributed by atoms with Gasteiger partial charge in [0.05, 0.1) is 17.7 Å². The Hall–Kier alpha value is -2.69. The van der Waals surface area contributed by atoms with Crippen LogP contribution in [0.15, 0.2) is 36.4 Å². The van der Waals surface area contributed by atoms with Gasteiger partial charge in [-0.15, -0.1) is 0 Å². The number of hydrogen-bond acceptors (Lipinski definition) is 5. The number of phenolic OH excluding ortho intramolecular Hbond substituents is 2. The van der Waals surface area contributed by atoms with Gasteiger partial charge in [0, 0.05) is 12.1 Å². The smallest absolute Gasteiger partial charge is 0.200 e. The lowest BCUT2D eigenvalue weighted by Crippen LogP contribution is -2.22. The Morgan fingerprint density at radius 1 is 0.960 bits per heavy atom. The number of aromatic hydroxyl groups is 2. The first-order valence-electron chi connectivity index (χ1n) is 8.24. The van der Waals surface area contributed by atoms with Crippen molar-refractivity contribution in [3.05, 3.63) is 47.5 Å². The molecule has 2 aromatic carbocycles. The van der Waals surface area contributed by atoms with Gasteiger partial charge in [-0.3, -0.25) is 4.79 Å². The molecule has 0 bridgehead atoms. The molecule has 25 heavy (non-hydrogen) atoms. The quantitative estimate of drug-likeness (QED) is 0.764. The average Bonchev–Trinajstić information content (AvgIpc) is 2.51. The van der Waals surface area contributed by atoms with Crippen LogP contribution in [0.3, 0.4) is 0 Å². The Balaban J connectivity index is 2.25. The molecule has 0 aromatic heterocycles. The maximum absolute atomic E-state index is 12.6. The van der Waals surface area contributed by atoms with Gasteiger partial charge in [0.2, 0.25) is 0 Å². The zero-order valence-corrected chi connectivity index (χ0v) is 15.0. The SMILES string of the molecule is CCCOc1ccc(C(=O)c2ccc(OC(C)(C)C)cc2O)c(O)c1. The van der Waals surface area contributed by atoms with Crippen molar-refractivity contribution in [1.82, 2.24) is 0 Å². The fourth-order valence-electron chi connectivity index (χ4n) is 2.28. The highest BCUT2D eigenvalue weighted by Crippen LogP contribution is 2.31. The van der Waals surface area contributed by atoms with Crippen LogP contribution in [0.2, 0.25) is 0 Å². The standard InChI is InChI=1S/C20H24O5/c1-5-10-24-13-6-8-15(17(21)11-13)19(23)16-9-7-14(12-18(16)22)25-20(2,3)4/h6-9,11-12,21-22H,5,10H2,1-4H3. The van der Waals surface area contributed by atoms with Crippen molar-refractivity contribution in [1.29, 1.82) is 0 Å². The van der Waals surface area contributed by atoms with Crippen LogP contribution in [-0.4, -0.2) is 28.2 Å². The summed E-state index contributed by atoms with van der Waals surface area (Å²) in [7, 11) is 0. The molecule has 2 aromatic rings. The first kappa shape index (κ1) is 18.6. The molecule has 0 aliphatic carbocycles. The Bertz CT molecular complexity index is 759. The van der Waals surface area contributed by atoms with E-state index in [0.29, 0.717) is 18.1 Å². The lowest BCUT2D eigenvalue weighted by Gasteiger charge is -2.21. The highest BCUT2D eigenvalue weighted by atomic mass is 16.5. The number of carbonyl (C=O) groups excluding carboxylic acids is 1. The average molecular weight is 344 g/mol. The predicted octanol–water partition coefficient (Wildman–Crippen LogP) is 4.29. The summed E-state index contributed by atoms with van der Waals surface area (Å²) in [6.07, 6.45) is 0.846. The second kappa shape index (κ2) is 7.47. The van der Waals surface area contributed by atoms with Crippen LogP contribution in [0.1, 0.15) is 50.0 Å². The molecule has 2 N–H and O–H groups in total. The number of rotatable bonds is 6. The molecule has 0 saturated carbocycles. The van der Waals surface area contributed by atoms with Crippen LogP contribution in [0.5, 0.6) is 23.0 Å². The van der Waals surface area contributed by atoms with Crippen molar-refractivity contribution in [2.45, 2.75) is 39.7 Å². The number of carbonyl (C=O) groups is 1. The van der Waals surface area contributed by atoms with E-state index in [1.165, 1.54) is 24.3 Å². The summed E-state index contributed by atoms with van der Waals surface area (Å²) in [5, 5.41) is 20.3. The first-order valence-corrected chi connectivity index (χ1v) is 8.24. The maximum atomic E-state index is 12.6. The summed E-state index contributed by atoms with van der Waals surface area (Å²) in [5.41, 5.74) is -0.215. The van der Waals surface area contributed by atoms with Crippen molar-refractivity contribution in [2.24, 2.45) is 0 Å². The van der Waals surface area contributed by atoms with Gasteiger partial charge >= 0.3 is 0 Å². The highest BCUT2D eigenvalue weighted by molar-refractivity contribution is 6.12. The monoisotopic (exact) mass is 344 g/mol. The van der Waals surface area contributed by atoms with E-state index in [9.17, 15) is 15.0 Å². The second-order valence-electron chi connectivity index (χ2n) is 6.75. The highest BCUT2D eigenvalue weighted by Gasteiger charge is 2.19. The zero-order valence-electron chi connectivity index (χ0n) is 15.0. The van der Waals surface area contributed by atoms with Crippen LogP contribution in [0, 0.1) is 0 Å². The first-order chi connectivity index (χ1) is 11.7. The van der Waals surface area contributed by atoms with Crippen LogP contribution in [0.4, 0.5) is 0 Å². The van der Waals surface area contributed by atoms with Crippen molar-refractivity contribution in [2.75, 3.05) is 6.61 Å². The molecule has 0 radical (unpaired) electrons. The molecule has 0 heterocycles. The maximum Gasteiger partial charge on any atom is 0.200 e. The molecule has 0 amide bonds. The summed E-state index contributed by atoms with van der Waals surface area (Å²) in [6.45, 7) is 8.19.